The average molecular weight is 476 g/mol. The molecule has 1 saturated heterocycles. The van der Waals surface area contributed by atoms with Gasteiger partial charge in [-0.3, -0.25) is 10.1 Å². The number of ether oxygens (including phenoxy) is 1. The van der Waals surface area contributed by atoms with Crippen LogP contribution in [0.3, 0.4) is 0 Å². The van der Waals surface area contributed by atoms with Crippen LogP contribution in [-0.2, 0) is 23.3 Å². The van der Waals surface area contributed by atoms with Gasteiger partial charge in [0.25, 0.3) is 5.91 Å². The lowest BCUT2D eigenvalue weighted by Crippen LogP contribution is -2.54. The molecular weight excluding hydrogens is 454 g/mol. The maximum absolute atomic E-state index is 13.0. The van der Waals surface area contributed by atoms with Crippen LogP contribution in [-0.4, -0.2) is 28.1 Å². The van der Waals surface area contributed by atoms with Crippen LogP contribution >= 0.6 is 11.6 Å². The molecule has 0 radical (unpaired) electrons. The van der Waals surface area contributed by atoms with E-state index in [1.165, 1.54) is 0 Å². The van der Waals surface area contributed by atoms with Crippen LogP contribution in [0.2, 0.25) is 5.02 Å². The fourth-order valence-electron chi connectivity index (χ4n) is 4.78. The number of benzene rings is 2. The molecule has 2 aliphatic rings. The Bertz CT molecular complexity index is 1330. The lowest BCUT2D eigenvalue weighted by molar-refractivity contribution is -0.127. The van der Waals surface area contributed by atoms with Gasteiger partial charge in [-0.1, -0.05) is 29.8 Å². The van der Waals surface area contributed by atoms with E-state index in [9.17, 15) is 9.59 Å². The van der Waals surface area contributed by atoms with E-state index in [2.05, 4.69) is 21.3 Å². The number of rotatable bonds is 5. The van der Waals surface area contributed by atoms with E-state index in [0.717, 1.165) is 17.1 Å². The Labute approximate surface area is 201 Å². The first-order chi connectivity index (χ1) is 16.4. The number of amides is 3. The van der Waals surface area contributed by atoms with Crippen molar-refractivity contribution in [3.05, 3.63) is 81.9 Å². The second-order valence-corrected chi connectivity index (χ2v) is 9.06. The molecule has 2 unspecified atom stereocenters. The predicted molar refractivity (Wildman–Crippen MR) is 124 cm³/mol. The summed E-state index contributed by atoms with van der Waals surface area (Å²) < 4.78 is 8.00. The molecule has 0 aliphatic carbocycles. The molecule has 3 amide bonds. The number of imide groups is 1. The summed E-state index contributed by atoms with van der Waals surface area (Å²) in [6.07, 6.45) is 3.21. The lowest BCUT2D eigenvalue weighted by atomic mass is 9.74. The number of aryl methyl sites for hydroxylation is 2. The van der Waals surface area contributed by atoms with Gasteiger partial charge in [0.1, 0.15) is 11.6 Å². The van der Waals surface area contributed by atoms with Crippen LogP contribution in [0.25, 0.3) is 0 Å². The summed E-state index contributed by atoms with van der Waals surface area (Å²) in [5.41, 5.74) is 2.01. The van der Waals surface area contributed by atoms with Gasteiger partial charge in [-0.05, 0) is 49.6 Å². The maximum Gasteiger partial charge on any atom is 0.322 e. The van der Waals surface area contributed by atoms with Gasteiger partial charge in [-0.2, -0.15) is 5.26 Å². The van der Waals surface area contributed by atoms with E-state index in [0.29, 0.717) is 41.3 Å². The van der Waals surface area contributed by atoms with Crippen LogP contribution in [0.4, 0.5) is 4.79 Å². The molecule has 0 saturated carbocycles. The van der Waals surface area contributed by atoms with Crippen molar-refractivity contribution in [2.24, 2.45) is 5.92 Å². The largest absolute Gasteiger partial charge is 0.493 e. The van der Waals surface area contributed by atoms with Gasteiger partial charge >= 0.3 is 6.03 Å². The zero-order valence-corrected chi connectivity index (χ0v) is 19.2. The smallest absolute Gasteiger partial charge is 0.322 e. The summed E-state index contributed by atoms with van der Waals surface area (Å²) in [6, 6.07) is 14.2. The Hall–Kier alpha value is -3.83. The molecule has 5 rings (SSSR count). The van der Waals surface area contributed by atoms with Gasteiger partial charge in [-0.25, -0.2) is 9.78 Å². The molecule has 0 bridgehead atoms. The number of carbonyl (C=O) groups excluding carboxylic acids is 2. The number of nitrogens with zero attached hydrogens (tertiary/aromatic N) is 3. The first-order valence-electron chi connectivity index (χ1n) is 11.0. The molecule has 9 heteroatoms. The third-order valence-corrected chi connectivity index (χ3v) is 6.76. The summed E-state index contributed by atoms with van der Waals surface area (Å²) in [5, 5.41) is 14.7. The molecule has 2 aliphatic heterocycles. The summed E-state index contributed by atoms with van der Waals surface area (Å²) >= 11 is 6.11. The maximum atomic E-state index is 13.0. The molecular formula is C25H22ClN5O3. The number of nitriles is 1. The van der Waals surface area contributed by atoms with E-state index in [-0.39, 0.29) is 18.4 Å². The van der Waals surface area contributed by atoms with E-state index in [1.54, 1.807) is 30.3 Å². The van der Waals surface area contributed by atoms with Crippen molar-refractivity contribution in [1.82, 2.24) is 20.2 Å². The SMILES string of the molecule is Cc1nc(CCC2COc3cc(Cl)ccc3C23NC(=O)NC3=O)cn1Cc1ccc(C#N)cc1. The molecule has 1 aromatic heterocycles. The Morgan fingerprint density at radius 2 is 2.06 bits per heavy atom. The molecule has 3 heterocycles. The molecule has 2 aromatic carbocycles. The zero-order chi connectivity index (χ0) is 23.9. The Balaban J connectivity index is 1.36. The molecule has 3 aromatic rings. The van der Waals surface area contributed by atoms with Crippen molar-refractivity contribution in [2.45, 2.75) is 31.8 Å². The topological polar surface area (TPSA) is 109 Å². The summed E-state index contributed by atoms with van der Waals surface area (Å²) in [6.45, 7) is 2.86. The van der Waals surface area contributed by atoms with Crippen molar-refractivity contribution >= 4 is 23.5 Å². The Kier molecular flexibility index (Phi) is 5.50. The number of aromatic nitrogens is 2. The monoisotopic (exact) mass is 475 g/mol. The van der Waals surface area contributed by atoms with E-state index in [4.69, 9.17) is 26.6 Å². The van der Waals surface area contributed by atoms with Gasteiger partial charge < -0.3 is 14.6 Å². The highest BCUT2D eigenvalue weighted by Crippen LogP contribution is 2.45. The van der Waals surface area contributed by atoms with E-state index < -0.39 is 11.6 Å². The van der Waals surface area contributed by atoms with Crippen molar-refractivity contribution in [3.8, 4) is 11.8 Å². The van der Waals surface area contributed by atoms with Crippen LogP contribution in [0.15, 0.2) is 48.7 Å². The first kappa shape index (κ1) is 22.0. The summed E-state index contributed by atoms with van der Waals surface area (Å²) in [4.78, 5) is 29.9. The minimum Gasteiger partial charge on any atom is -0.493 e. The number of halogens is 1. The highest BCUT2D eigenvalue weighted by Gasteiger charge is 2.56. The van der Waals surface area contributed by atoms with Crippen molar-refractivity contribution in [3.63, 3.8) is 0 Å². The average Bonchev–Trinajstić information content (AvgIpc) is 3.32. The molecule has 172 valence electrons. The van der Waals surface area contributed by atoms with Gasteiger partial charge in [0.2, 0.25) is 0 Å². The van der Waals surface area contributed by atoms with Crippen LogP contribution in [0.5, 0.6) is 5.75 Å². The highest BCUT2D eigenvalue weighted by atomic mass is 35.5. The fourth-order valence-corrected chi connectivity index (χ4v) is 4.94. The molecule has 1 spiro atoms. The van der Waals surface area contributed by atoms with Gasteiger partial charge in [0.15, 0.2) is 5.54 Å². The third-order valence-electron chi connectivity index (χ3n) is 6.53. The molecule has 2 N–H and O–H groups in total. The number of nitrogens with one attached hydrogen (secondary N) is 2. The minimum absolute atomic E-state index is 0.270. The molecule has 2 atom stereocenters. The van der Waals surface area contributed by atoms with E-state index in [1.807, 2.05) is 25.3 Å². The van der Waals surface area contributed by atoms with Crippen LogP contribution in [0, 0.1) is 24.2 Å². The number of imidazole rings is 1. The molecule has 8 nitrogen and oxygen atoms in total. The number of fused-ring (bicyclic) bond motifs is 2. The second kappa shape index (κ2) is 8.50. The lowest BCUT2D eigenvalue weighted by Gasteiger charge is -2.40. The summed E-state index contributed by atoms with van der Waals surface area (Å²) in [7, 11) is 0. The number of hydrogen-bond acceptors (Lipinski definition) is 5. The minimum atomic E-state index is -1.20. The third kappa shape index (κ3) is 3.78. The van der Waals surface area contributed by atoms with Gasteiger partial charge in [0.05, 0.1) is 23.9 Å². The van der Waals surface area contributed by atoms with Crippen molar-refractivity contribution in [1.29, 1.82) is 5.26 Å². The number of hydrogen-bond donors (Lipinski definition) is 2. The quantitative estimate of drug-likeness (QED) is 0.549. The molecule has 34 heavy (non-hydrogen) atoms. The number of urea groups is 1. The van der Waals surface area contributed by atoms with Crippen LogP contribution in [0.1, 0.15) is 34.6 Å². The standard InChI is InChI=1S/C25H22ClN5O3/c1-15-28-20(13-31(15)12-17-4-2-16(11-27)3-5-17)8-6-18-14-34-22-10-19(26)7-9-21(22)25(18)23(32)29-24(33)30-25/h2-5,7,9-10,13,18H,6,8,12,14H2,1H3,(H2,29,30,32,33). The predicted octanol–water partition coefficient (Wildman–Crippen LogP) is 3.44. The normalized spacial score (nSPS) is 20.9. The fraction of sp³-hybridized carbons (Fsp3) is 0.280. The second-order valence-electron chi connectivity index (χ2n) is 8.62. The number of carbonyl (C=O) groups is 2. The summed E-state index contributed by atoms with van der Waals surface area (Å²) in [5.74, 6) is 0.720. The molecule has 1 fully saturated rings. The van der Waals surface area contributed by atoms with Crippen LogP contribution < -0.4 is 15.4 Å². The van der Waals surface area contributed by atoms with Crippen molar-refractivity contribution in [2.75, 3.05) is 6.61 Å². The van der Waals surface area contributed by atoms with Crippen molar-refractivity contribution < 1.29 is 14.3 Å². The zero-order valence-electron chi connectivity index (χ0n) is 18.5. The Morgan fingerprint density at radius 1 is 1.26 bits per heavy atom. The van der Waals surface area contributed by atoms with Gasteiger partial charge in [-0.15, -0.1) is 0 Å². The van der Waals surface area contributed by atoms with Gasteiger partial charge in [0, 0.05) is 29.2 Å². The van der Waals surface area contributed by atoms with E-state index >= 15 is 0 Å². The Morgan fingerprint density at radius 3 is 2.76 bits per heavy atom. The highest BCUT2D eigenvalue weighted by molar-refractivity contribution is 6.30. The first-order valence-corrected chi connectivity index (χ1v) is 11.3.